The molecule has 7 nitrogen and oxygen atoms in total. The number of aryl methyl sites for hydroxylation is 2. The van der Waals surface area contributed by atoms with Gasteiger partial charge in [0.05, 0.1) is 0 Å². The third kappa shape index (κ3) is 7.57. The molecule has 0 saturated carbocycles. The number of anilines is 1. The molecule has 3 amide bonds. The van der Waals surface area contributed by atoms with Gasteiger partial charge in [-0.15, -0.1) is 0 Å². The van der Waals surface area contributed by atoms with E-state index in [-0.39, 0.29) is 18.4 Å². The zero-order valence-electron chi connectivity index (χ0n) is 23.3. The number of hydrogen-bond donors (Lipinski definition) is 2. The maximum absolute atomic E-state index is 14.0. The molecule has 3 aromatic rings. The highest BCUT2D eigenvalue weighted by atomic mass is 16.6. The molecule has 7 heteroatoms. The zero-order chi connectivity index (χ0) is 27.9. The number of amides is 3. The Morgan fingerprint density at radius 2 is 1.58 bits per heavy atom. The summed E-state index contributed by atoms with van der Waals surface area (Å²) in [6.07, 6.45) is 0.878. The Labute approximate surface area is 225 Å². The number of alkyl carbamates (subject to hydrolysis) is 1. The summed E-state index contributed by atoms with van der Waals surface area (Å²) in [7, 11) is 0. The lowest BCUT2D eigenvalue weighted by atomic mass is 9.93. The first-order valence-corrected chi connectivity index (χ1v) is 13.1. The average molecular weight is 518 g/mol. The van der Waals surface area contributed by atoms with Crippen LogP contribution < -0.4 is 10.6 Å². The molecular weight excluding hydrogens is 478 g/mol. The molecule has 202 valence electrons. The summed E-state index contributed by atoms with van der Waals surface area (Å²) in [6, 6.07) is 18.6. The van der Waals surface area contributed by atoms with E-state index in [9.17, 15) is 14.4 Å². The van der Waals surface area contributed by atoms with Crippen molar-refractivity contribution >= 4 is 34.4 Å². The van der Waals surface area contributed by atoms with Crippen LogP contribution in [0.1, 0.15) is 63.3 Å². The molecular formula is C31H39N3O4. The zero-order valence-corrected chi connectivity index (χ0v) is 23.3. The lowest BCUT2D eigenvalue weighted by Crippen LogP contribution is -2.47. The minimum Gasteiger partial charge on any atom is -0.444 e. The van der Waals surface area contributed by atoms with Crippen molar-refractivity contribution < 1.29 is 19.1 Å². The lowest BCUT2D eigenvalue weighted by molar-refractivity contribution is -0.138. The van der Waals surface area contributed by atoms with E-state index < -0.39 is 17.7 Å². The van der Waals surface area contributed by atoms with E-state index in [1.807, 2.05) is 81.4 Å². The van der Waals surface area contributed by atoms with Gasteiger partial charge in [0.1, 0.15) is 18.2 Å². The van der Waals surface area contributed by atoms with Crippen LogP contribution in [0, 0.1) is 13.8 Å². The van der Waals surface area contributed by atoms with Gasteiger partial charge >= 0.3 is 6.09 Å². The lowest BCUT2D eigenvalue weighted by Gasteiger charge is -2.33. The van der Waals surface area contributed by atoms with Crippen molar-refractivity contribution in [2.75, 3.05) is 18.4 Å². The normalized spacial score (nSPS) is 12.1. The van der Waals surface area contributed by atoms with Crippen LogP contribution in [0.3, 0.4) is 0 Å². The summed E-state index contributed by atoms with van der Waals surface area (Å²) >= 11 is 0. The topological polar surface area (TPSA) is 87.7 Å². The van der Waals surface area contributed by atoms with Gasteiger partial charge in [-0.3, -0.25) is 9.59 Å². The monoisotopic (exact) mass is 517 g/mol. The van der Waals surface area contributed by atoms with Gasteiger partial charge < -0.3 is 20.3 Å². The van der Waals surface area contributed by atoms with Gasteiger partial charge in [0.25, 0.3) is 5.91 Å². The Hall–Kier alpha value is -3.87. The number of fused-ring (bicyclic) bond motifs is 1. The second kappa shape index (κ2) is 12.6. The van der Waals surface area contributed by atoms with Gasteiger partial charge in [-0.1, -0.05) is 61.9 Å². The summed E-state index contributed by atoms with van der Waals surface area (Å²) in [4.78, 5) is 41.4. The van der Waals surface area contributed by atoms with E-state index >= 15 is 0 Å². The molecule has 38 heavy (non-hydrogen) atoms. The molecule has 0 heterocycles. The minimum atomic E-state index is -0.873. The summed E-state index contributed by atoms with van der Waals surface area (Å²) in [6.45, 7) is 11.3. The smallest absolute Gasteiger partial charge is 0.408 e. The fourth-order valence-electron chi connectivity index (χ4n) is 4.45. The molecule has 3 aromatic carbocycles. The van der Waals surface area contributed by atoms with Crippen molar-refractivity contribution in [3.63, 3.8) is 0 Å². The molecule has 0 aliphatic heterocycles. The number of unbranched alkanes of at least 4 members (excludes halogenated alkanes) is 1. The molecule has 0 fully saturated rings. The van der Waals surface area contributed by atoms with Crippen LogP contribution in [0.15, 0.2) is 60.7 Å². The highest BCUT2D eigenvalue weighted by molar-refractivity contribution is 6.00. The number of benzene rings is 3. The predicted molar refractivity (Wildman–Crippen MR) is 152 cm³/mol. The maximum atomic E-state index is 14.0. The van der Waals surface area contributed by atoms with Crippen molar-refractivity contribution in [2.45, 2.75) is 66.0 Å². The quantitative estimate of drug-likeness (QED) is 0.349. The van der Waals surface area contributed by atoms with Crippen LogP contribution in [-0.4, -0.2) is 41.5 Å². The Bertz CT molecular complexity index is 1280. The molecule has 0 radical (unpaired) electrons. The number of nitrogens with zero attached hydrogens (tertiary/aromatic N) is 1. The van der Waals surface area contributed by atoms with Crippen LogP contribution in [0.4, 0.5) is 10.5 Å². The molecule has 1 unspecified atom stereocenters. The summed E-state index contributed by atoms with van der Waals surface area (Å²) in [5.74, 6) is -0.662. The van der Waals surface area contributed by atoms with Crippen molar-refractivity contribution in [3.8, 4) is 0 Å². The van der Waals surface area contributed by atoms with Gasteiger partial charge in [-0.2, -0.15) is 0 Å². The standard InChI is InChI=1S/C31H39N3O4/c1-7-8-18-34(26(35)20-32-30(37)38-31(4,5)6)28(27-21(2)12-11-13-22(27)3)29(36)33-25-17-16-23-14-9-10-15-24(23)19-25/h9-17,19,28H,7-8,18,20H2,1-6H3,(H,32,37)(H,33,36). The van der Waals surface area contributed by atoms with Crippen molar-refractivity contribution in [3.05, 3.63) is 77.4 Å². The highest BCUT2D eigenvalue weighted by Crippen LogP contribution is 2.30. The van der Waals surface area contributed by atoms with E-state index in [0.29, 0.717) is 18.7 Å². The number of carbonyl (C=O) groups excluding carboxylic acids is 3. The molecule has 0 aliphatic rings. The highest BCUT2D eigenvalue weighted by Gasteiger charge is 2.33. The van der Waals surface area contributed by atoms with Gasteiger partial charge in [0, 0.05) is 12.2 Å². The second-order valence-electron chi connectivity index (χ2n) is 10.6. The van der Waals surface area contributed by atoms with Crippen molar-refractivity contribution in [1.82, 2.24) is 10.2 Å². The molecule has 0 aliphatic carbocycles. The Morgan fingerprint density at radius 1 is 0.921 bits per heavy atom. The molecule has 0 spiro atoms. The third-order valence-electron chi connectivity index (χ3n) is 6.25. The van der Waals surface area contributed by atoms with Crippen LogP contribution >= 0.6 is 0 Å². The molecule has 0 aromatic heterocycles. The van der Waals surface area contributed by atoms with Gasteiger partial charge in [0.15, 0.2) is 0 Å². The van der Waals surface area contributed by atoms with Crippen LogP contribution in [0.25, 0.3) is 10.8 Å². The Morgan fingerprint density at radius 3 is 2.21 bits per heavy atom. The minimum absolute atomic E-state index is 0.274. The Balaban J connectivity index is 1.96. The first-order valence-electron chi connectivity index (χ1n) is 13.1. The summed E-state index contributed by atoms with van der Waals surface area (Å²) < 4.78 is 5.29. The second-order valence-corrected chi connectivity index (χ2v) is 10.6. The van der Waals surface area contributed by atoms with E-state index in [2.05, 4.69) is 10.6 Å². The first-order chi connectivity index (χ1) is 18.0. The SMILES string of the molecule is CCCCN(C(=O)CNC(=O)OC(C)(C)C)C(C(=O)Nc1ccc2ccccc2c1)c1c(C)cccc1C. The summed E-state index contributed by atoms with van der Waals surface area (Å²) in [5.41, 5.74) is 2.58. The van der Waals surface area contributed by atoms with Crippen LogP contribution in [0.5, 0.6) is 0 Å². The summed E-state index contributed by atoms with van der Waals surface area (Å²) in [5, 5.41) is 7.69. The molecule has 1 atom stereocenters. The fraction of sp³-hybridized carbons (Fsp3) is 0.387. The number of carbonyl (C=O) groups is 3. The Kier molecular flexibility index (Phi) is 9.50. The molecule has 3 rings (SSSR count). The van der Waals surface area contributed by atoms with Gasteiger partial charge in [0.2, 0.25) is 5.91 Å². The third-order valence-corrected chi connectivity index (χ3v) is 6.25. The van der Waals surface area contributed by atoms with E-state index in [1.165, 1.54) is 0 Å². The van der Waals surface area contributed by atoms with Crippen LogP contribution in [0.2, 0.25) is 0 Å². The molecule has 0 saturated heterocycles. The predicted octanol–water partition coefficient (Wildman–Crippen LogP) is 6.29. The molecule has 2 N–H and O–H groups in total. The van der Waals surface area contributed by atoms with Gasteiger partial charge in [-0.05, 0) is 80.6 Å². The largest absolute Gasteiger partial charge is 0.444 e. The van der Waals surface area contributed by atoms with Crippen LogP contribution in [-0.2, 0) is 14.3 Å². The number of rotatable bonds is 9. The van der Waals surface area contributed by atoms with Gasteiger partial charge in [-0.25, -0.2) is 4.79 Å². The maximum Gasteiger partial charge on any atom is 0.408 e. The fourth-order valence-corrected chi connectivity index (χ4v) is 4.45. The van der Waals surface area contributed by atoms with E-state index in [1.54, 1.807) is 25.7 Å². The number of ether oxygens (including phenoxy) is 1. The van der Waals surface area contributed by atoms with E-state index in [4.69, 9.17) is 4.74 Å². The number of hydrogen-bond acceptors (Lipinski definition) is 4. The molecule has 0 bridgehead atoms. The van der Waals surface area contributed by atoms with Crippen molar-refractivity contribution in [1.29, 1.82) is 0 Å². The van der Waals surface area contributed by atoms with E-state index in [0.717, 1.165) is 33.9 Å². The number of nitrogens with one attached hydrogen (secondary N) is 2. The average Bonchev–Trinajstić information content (AvgIpc) is 2.85. The first kappa shape index (κ1) is 28.7. The van der Waals surface area contributed by atoms with Crippen molar-refractivity contribution in [2.24, 2.45) is 0 Å².